The highest BCUT2D eigenvalue weighted by molar-refractivity contribution is 5.69. The summed E-state index contributed by atoms with van der Waals surface area (Å²) in [7, 11) is 0. The number of aliphatic hydroxyl groups excluding tert-OH is 3. The van der Waals surface area contributed by atoms with Crippen LogP contribution in [0.2, 0.25) is 0 Å². The Kier molecular flexibility index (Phi) is 5.27. The molecule has 1 aliphatic heterocycles. The van der Waals surface area contributed by atoms with E-state index in [0.29, 0.717) is 5.75 Å². The Bertz CT molecular complexity index is 668. The highest BCUT2D eigenvalue weighted by atomic mass is 16.7. The van der Waals surface area contributed by atoms with E-state index < -0.39 is 24.6 Å². The zero-order valence-electron chi connectivity index (χ0n) is 13.0. The van der Waals surface area contributed by atoms with Crippen molar-refractivity contribution >= 4 is 12.2 Å². The lowest BCUT2D eigenvalue weighted by molar-refractivity contribution is -0.242. The molecule has 0 saturated carbocycles. The zero-order chi connectivity index (χ0) is 16.9. The van der Waals surface area contributed by atoms with Crippen LogP contribution in [0.4, 0.5) is 0 Å². The van der Waals surface area contributed by atoms with Crippen LogP contribution in [0.1, 0.15) is 11.1 Å². The van der Waals surface area contributed by atoms with Gasteiger partial charge in [0.25, 0.3) is 0 Å². The van der Waals surface area contributed by atoms with Crippen LogP contribution in [0.15, 0.2) is 54.6 Å². The van der Waals surface area contributed by atoms with Crippen molar-refractivity contribution < 1.29 is 24.8 Å². The molecule has 126 valence electrons. The maximum absolute atomic E-state index is 9.86. The van der Waals surface area contributed by atoms with Crippen molar-refractivity contribution in [3.8, 4) is 5.75 Å². The number of ether oxygens (including phenoxy) is 2. The lowest BCUT2D eigenvalue weighted by atomic mass is 10.1. The monoisotopic (exact) mass is 328 g/mol. The average molecular weight is 328 g/mol. The largest absolute Gasteiger partial charge is 0.462 e. The van der Waals surface area contributed by atoms with Crippen molar-refractivity contribution in [3.05, 3.63) is 65.7 Å². The van der Waals surface area contributed by atoms with Crippen molar-refractivity contribution in [1.29, 1.82) is 0 Å². The molecule has 0 radical (unpaired) electrons. The fourth-order valence-corrected chi connectivity index (χ4v) is 2.43. The van der Waals surface area contributed by atoms with Gasteiger partial charge in [-0.05, 0) is 23.3 Å². The van der Waals surface area contributed by atoms with Gasteiger partial charge in [-0.25, -0.2) is 0 Å². The summed E-state index contributed by atoms with van der Waals surface area (Å²) < 4.78 is 10.8. The molecule has 0 spiro atoms. The minimum atomic E-state index is -1.30. The molecule has 1 saturated heterocycles. The van der Waals surface area contributed by atoms with Crippen molar-refractivity contribution in [2.45, 2.75) is 24.6 Å². The molecule has 1 aliphatic rings. The van der Waals surface area contributed by atoms with Gasteiger partial charge < -0.3 is 24.8 Å². The van der Waals surface area contributed by atoms with Gasteiger partial charge in [-0.15, -0.1) is 0 Å². The van der Waals surface area contributed by atoms with Crippen molar-refractivity contribution in [2.75, 3.05) is 6.61 Å². The quantitative estimate of drug-likeness (QED) is 0.744. The zero-order valence-corrected chi connectivity index (χ0v) is 13.0. The second-order valence-corrected chi connectivity index (χ2v) is 5.68. The Morgan fingerprint density at radius 2 is 1.46 bits per heavy atom. The van der Waals surface area contributed by atoms with Crippen LogP contribution < -0.4 is 4.74 Å². The van der Waals surface area contributed by atoms with Gasteiger partial charge in [0.15, 0.2) is 0 Å². The molecule has 0 unspecified atom stereocenters. The minimum Gasteiger partial charge on any atom is -0.462 e. The summed E-state index contributed by atoms with van der Waals surface area (Å²) in [5.41, 5.74) is 2.12. The van der Waals surface area contributed by atoms with E-state index in [0.717, 1.165) is 11.1 Å². The molecule has 2 aromatic rings. The second-order valence-electron chi connectivity index (χ2n) is 5.68. The summed E-state index contributed by atoms with van der Waals surface area (Å²) in [5.74, 6) is 0.513. The molecule has 2 aromatic carbocycles. The highest BCUT2D eigenvalue weighted by Crippen LogP contribution is 2.21. The van der Waals surface area contributed by atoms with Gasteiger partial charge in [-0.2, -0.15) is 0 Å². The van der Waals surface area contributed by atoms with Crippen LogP contribution in [0.25, 0.3) is 12.2 Å². The normalized spacial score (nSPS) is 27.3. The standard InChI is InChI=1S/C19H20O5/c20-16-12-23-19(18(22)17(16)21)24-15-10-8-14(9-11-15)7-6-13-4-2-1-3-5-13/h1-11,16-22H,12H2/b7-6+/t16-,17-,18+,19+/m0/s1. The average Bonchev–Trinajstić information content (AvgIpc) is 2.62. The maximum Gasteiger partial charge on any atom is 0.228 e. The van der Waals surface area contributed by atoms with Crippen LogP contribution >= 0.6 is 0 Å². The molecule has 5 heteroatoms. The van der Waals surface area contributed by atoms with E-state index >= 15 is 0 Å². The molecule has 0 aliphatic carbocycles. The Morgan fingerprint density at radius 1 is 0.833 bits per heavy atom. The lowest BCUT2D eigenvalue weighted by Gasteiger charge is -2.34. The molecular weight excluding hydrogens is 308 g/mol. The first-order valence-corrected chi connectivity index (χ1v) is 7.79. The summed E-state index contributed by atoms with van der Waals surface area (Å²) in [5, 5.41) is 28.9. The number of benzene rings is 2. The molecule has 0 aromatic heterocycles. The SMILES string of the molecule is O[C@@H]1[C@@H](O)[C@@H](Oc2ccc(/C=C/c3ccccc3)cc2)OC[C@@H]1O. The number of aliphatic hydroxyl groups is 3. The first-order valence-electron chi connectivity index (χ1n) is 7.79. The Labute approximate surface area is 140 Å². The highest BCUT2D eigenvalue weighted by Gasteiger charge is 2.38. The molecular formula is C19H20O5. The third-order valence-electron chi connectivity index (χ3n) is 3.85. The van der Waals surface area contributed by atoms with E-state index in [2.05, 4.69) is 0 Å². The van der Waals surface area contributed by atoms with E-state index in [1.54, 1.807) is 12.1 Å². The van der Waals surface area contributed by atoms with Gasteiger partial charge in [-0.1, -0.05) is 54.6 Å². The smallest absolute Gasteiger partial charge is 0.228 e. The molecule has 5 nitrogen and oxygen atoms in total. The molecule has 24 heavy (non-hydrogen) atoms. The van der Waals surface area contributed by atoms with Gasteiger partial charge >= 0.3 is 0 Å². The van der Waals surface area contributed by atoms with Gasteiger partial charge in [0.2, 0.25) is 6.29 Å². The van der Waals surface area contributed by atoms with E-state index in [1.165, 1.54) is 0 Å². The van der Waals surface area contributed by atoms with E-state index in [9.17, 15) is 15.3 Å². The molecule has 3 N–H and O–H groups in total. The topological polar surface area (TPSA) is 79.2 Å². The summed E-state index contributed by atoms with van der Waals surface area (Å²) in [6.07, 6.45) is -0.685. The van der Waals surface area contributed by atoms with E-state index in [-0.39, 0.29) is 6.61 Å². The van der Waals surface area contributed by atoms with Crippen molar-refractivity contribution in [2.24, 2.45) is 0 Å². The molecule has 1 fully saturated rings. The summed E-state index contributed by atoms with van der Waals surface area (Å²) >= 11 is 0. The Morgan fingerprint density at radius 3 is 2.12 bits per heavy atom. The first kappa shape index (κ1) is 16.7. The minimum absolute atomic E-state index is 0.0825. The van der Waals surface area contributed by atoms with Crippen molar-refractivity contribution in [1.82, 2.24) is 0 Å². The Hall–Kier alpha value is -2.18. The van der Waals surface area contributed by atoms with E-state index in [1.807, 2.05) is 54.6 Å². The first-order chi connectivity index (χ1) is 11.6. The number of rotatable bonds is 4. The van der Waals surface area contributed by atoms with Crippen LogP contribution in [0, 0.1) is 0 Å². The van der Waals surface area contributed by atoms with Gasteiger partial charge in [-0.3, -0.25) is 0 Å². The van der Waals surface area contributed by atoms with Gasteiger partial charge in [0, 0.05) is 0 Å². The fourth-order valence-electron chi connectivity index (χ4n) is 2.43. The van der Waals surface area contributed by atoms with Crippen LogP contribution in [0.5, 0.6) is 5.75 Å². The van der Waals surface area contributed by atoms with E-state index in [4.69, 9.17) is 9.47 Å². The fraction of sp³-hybridized carbons (Fsp3) is 0.263. The van der Waals surface area contributed by atoms with Crippen LogP contribution in [-0.4, -0.2) is 46.5 Å². The molecule has 3 rings (SSSR count). The third kappa shape index (κ3) is 4.01. The molecule has 4 atom stereocenters. The van der Waals surface area contributed by atoms with Crippen LogP contribution in [-0.2, 0) is 4.74 Å². The summed E-state index contributed by atoms with van der Waals surface area (Å²) in [6.45, 7) is -0.0825. The third-order valence-corrected chi connectivity index (χ3v) is 3.85. The van der Waals surface area contributed by atoms with Gasteiger partial charge in [0.05, 0.1) is 6.61 Å². The predicted molar refractivity (Wildman–Crippen MR) is 90.2 cm³/mol. The Balaban J connectivity index is 1.61. The summed E-state index contributed by atoms with van der Waals surface area (Å²) in [4.78, 5) is 0. The lowest BCUT2D eigenvalue weighted by Crippen LogP contribution is -2.54. The number of hydrogen-bond donors (Lipinski definition) is 3. The summed E-state index contributed by atoms with van der Waals surface area (Å²) in [6, 6.07) is 17.3. The molecule has 0 bridgehead atoms. The maximum atomic E-state index is 9.86. The van der Waals surface area contributed by atoms with Crippen LogP contribution in [0.3, 0.4) is 0 Å². The molecule has 1 heterocycles. The predicted octanol–water partition coefficient (Wildman–Crippen LogP) is 1.67. The van der Waals surface area contributed by atoms with Gasteiger partial charge in [0.1, 0.15) is 24.1 Å². The second kappa shape index (κ2) is 7.59. The van der Waals surface area contributed by atoms with Crippen molar-refractivity contribution in [3.63, 3.8) is 0 Å². The molecule has 0 amide bonds. The number of hydrogen-bond acceptors (Lipinski definition) is 5.